The normalized spacial score (nSPS) is 16.6. The van der Waals surface area contributed by atoms with Crippen LogP contribution in [0.5, 0.6) is 0 Å². The third-order valence-corrected chi connectivity index (χ3v) is 7.52. The molecule has 0 spiro atoms. The lowest BCUT2D eigenvalue weighted by molar-refractivity contribution is 0.598. The highest BCUT2D eigenvalue weighted by atomic mass is 32.2. The molecule has 0 saturated carbocycles. The Hall–Kier alpha value is -2.44. The zero-order chi connectivity index (χ0) is 20.1. The molecule has 0 amide bonds. The summed E-state index contributed by atoms with van der Waals surface area (Å²) in [7, 11) is -2.81. The first-order chi connectivity index (χ1) is 14.1. The zero-order valence-electron chi connectivity index (χ0n) is 16.1. The van der Waals surface area contributed by atoms with Crippen LogP contribution in [0, 0.1) is 0 Å². The molecule has 29 heavy (non-hydrogen) atoms. The van der Waals surface area contributed by atoms with Crippen molar-refractivity contribution in [3.63, 3.8) is 0 Å². The SMILES string of the molecule is O=S1(=O)Cc2ccccc2C1.c1ccc2c(c1)CSC2.c1ccc2c(c1)NCN2. The van der Waals surface area contributed by atoms with Crippen molar-refractivity contribution >= 4 is 33.0 Å². The maximum absolute atomic E-state index is 11.1. The first-order valence-electron chi connectivity index (χ1n) is 9.59. The molecule has 2 N–H and O–H groups in total. The van der Waals surface area contributed by atoms with Gasteiger partial charge in [0.25, 0.3) is 0 Å². The number of hydrogen-bond acceptors (Lipinski definition) is 5. The van der Waals surface area contributed by atoms with Gasteiger partial charge in [-0.2, -0.15) is 11.8 Å². The van der Waals surface area contributed by atoms with E-state index in [1.165, 1.54) is 34.0 Å². The van der Waals surface area contributed by atoms with Gasteiger partial charge in [0.15, 0.2) is 9.84 Å². The maximum Gasteiger partial charge on any atom is 0.158 e. The molecule has 0 radical (unpaired) electrons. The largest absolute Gasteiger partial charge is 0.366 e. The minimum absolute atomic E-state index is 0.225. The molecule has 3 aliphatic heterocycles. The van der Waals surface area contributed by atoms with E-state index in [1.807, 2.05) is 48.2 Å². The summed E-state index contributed by atoms with van der Waals surface area (Å²) in [4.78, 5) is 0. The number of thioether (sulfide) groups is 1. The van der Waals surface area contributed by atoms with Crippen molar-refractivity contribution in [3.05, 3.63) is 95.1 Å². The van der Waals surface area contributed by atoms with Gasteiger partial charge in [-0.3, -0.25) is 0 Å². The highest BCUT2D eigenvalue weighted by molar-refractivity contribution is 7.98. The lowest BCUT2D eigenvalue weighted by Gasteiger charge is -1.93. The standard InChI is InChI=1S/C8H8O2S.C8H8S.C7H8N2/c9-11(10)5-7-3-1-2-4-8(7)6-11;1-2-4-8-6-9-5-7(8)3-1;1-2-4-7-6(3-1)8-5-9-7/h1-4H,5-6H2;1-4H,5-6H2;1-4,8-9H,5H2. The van der Waals surface area contributed by atoms with Gasteiger partial charge in [-0.05, 0) is 34.4 Å². The van der Waals surface area contributed by atoms with Gasteiger partial charge in [0.1, 0.15) is 0 Å². The fourth-order valence-corrected chi connectivity index (χ4v) is 6.22. The summed E-state index contributed by atoms with van der Waals surface area (Å²) in [6.45, 7) is 0.860. The van der Waals surface area contributed by atoms with Crippen LogP contribution in [-0.2, 0) is 32.8 Å². The van der Waals surface area contributed by atoms with Gasteiger partial charge >= 0.3 is 0 Å². The van der Waals surface area contributed by atoms with Crippen LogP contribution in [0.15, 0.2) is 72.8 Å². The van der Waals surface area contributed by atoms with Crippen molar-refractivity contribution in [3.8, 4) is 0 Å². The summed E-state index contributed by atoms with van der Waals surface area (Å²) in [5.41, 5.74) is 7.40. The molecule has 0 unspecified atom stereocenters. The number of benzene rings is 3. The molecule has 0 fully saturated rings. The fraction of sp³-hybridized carbons (Fsp3) is 0.217. The van der Waals surface area contributed by atoms with Crippen LogP contribution in [0.4, 0.5) is 11.4 Å². The highest BCUT2D eigenvalue weighted by Gasteiger charge is 2.23. The van der Waals surface area contributed by atoms with E-state index in [0.29, 0.717) is 0 Å². The minimum atomic E-state index is -2.81. The molecule has 3 heterocycles. The van der Waals surface area contributed by atoms with Gasteiger partial charge in [0, 0.05) is 11.5 Å². The second kappa shape index (κ2) is 8.93. The molecule has 0 bridgehead atoms. The Morgan fingerprint density at radius 2 is 1.03 bits per heavy atom. The van der Waals surface area contributed by atoms with E-state index in [0.717, 1.165) is 17.8 Å². The van der Waals surface area contributed by atoms with E-state index in [1.54, 1.807) is 0 Å². The topological polar surface area (TPSA) is 58.2 Å². The molecular weight excluding hydrogens is 400 g/mol. The Bertz CT molecular complexity index is 971. The van der Waals surface area contributed by atoms with Crippen molar-refractivity contribution < 1.29 is 8.42 Å². The second-order valence-electron chi connectivity index (χ2n) is 7.14. The first kappa shape index (κ1) is 19.9. The number of para-hydroxylation sites is 2. The number of nitrogens with one attached hydrogen (secondary N) is 2. The van der Waals surface area contributed by atoms with Crippen LogP contribution in [-0.4, -0.2) is 15.1 Å². The van der Waals surface area contributed by atoms with Crippen LogP contribution >= 0.6 is 11.8 Å². The number of anilines is 2. The molecule has 3 aliphatic rings. The molecule has 3 aromatic rings. The van der Waals surface area contributed by atoms with Gasteiger partial charge in [0.2, 0.25) is 0 Å². The predicted molar refractivity (Wildman–Crippen MR) is 123 cm³/mol. The van der Waals surface area contributed by atoms with Crippen molar-refractivity contribution in [1.29, 1.82) is 0 Å². The van der Waals surface area contributed by atoms with Gasteiger partial charge in [0.05, 0.1) is 29.5 Å². The smallest absolute Gasteiger partial charge is 0.158 e. The summed E-state index contributed by atoms with van der Waals surface area (Å²) >= 11 is 2.00. The van der Waals surface area contributed by atoms with E-state index >= 15 is 0 Å². The van der Waals surface area contributed by atoms with Gasteiger partial charge in [-0.1, -0.05) is 60.7 Å². The minimum Gasteiger partial charge on any atom is -0.366 e. The van der Waals surface area contributed by atoms with Gasteiger partial charge in [-0.15, -0.1) is 0 Å². The number of rotatable bonds is 0. The molecule has 0 saturated heterocycles. The van der Waals surface area contributed by atoms with Crippen molar-refractivity contribution in [2.24, 2.45) is 0 Å². The molecule has 0 atom stereocenters. The summed E-state index contributed by atoms with van der Waals surface area (Å²) in [5, 5.41) is 6.38. The average Bonchev–Trinajstić information content (AvgIpc) is 3.45. The van der Waals surface area contributed by atoms with Crippen LogP contribution in [0.25, 0.3) is 0 Å². The van der Waals surface area contributed by atoms with Crippen molar-refractivity contribution in [1.82, 2.24) is 0 Å². The van der Waals surface area contributed by atoms with E-state index in [-0.39, 0.29) is 11.5 Å². The van der Waals surface area contributed by atoms with Gasteiger partial charge < -0.3 is 10.6 Å². The van der Waals surface area contributed by atoms with Crippen molar-refractivity contribution in [2.45, 2.75) is 23.0 Å². The summed E-state index contributed by atoms with van der Waals surface area (Å²) in [6, 6.07) is 24.3. The van der Waals surface area contributed by atoms with E-state index < -0.39 is 9.84 Å². The summed E-state index contributed by atoms with van der Waals surface area (Å²) in [5.74, 6) is 2.89. The van der Waals surface area contributed by atoms with Crippen LogP contribution in [0.2, 0.25) is 0 Å². The molecule has 6 rings (SSSR count). The van der Waals surface area contributed by atoms with Crippen LogP contribution in [0.3, 0.4) is 0 Å². The van der Waals surface area contributed by atoms with E-state index in [2.05, 4.69) is 47.0 Å². The number of fused-ring (bicyclic) bond motifs is 3. The molecule has 3 aromatic carbocycles. The summed E-state index contributed by atoms with van der Waals surface area (Å²) < 4.78 is 22.2. The lowest BCUT2D eigenvalue weighted by Crippen LogP contribution is -1.98. The quantitative estimate of drug-likeness (QED) is 0.530. The third-order valence-electron chi connectivity index (χ3n) is 4.99. The Morgan fingerprint density at radius 1 is 0.621 bits per heavy atom. The molecule has 0 aromatic heterocycles. The maximum atomic E-state index is 11.1. The number of hydrogen-bond donors (Lipinski definition) is 2. The van der Waals surface area contributed by atoms with Crippen LogP contribution in [0.1, 0.15) is 22.3 Å². The first-order valence-corrected chi connectivity index (χ1v) is 12.6. The number of sulfone groups is 1. The Morgan fingerprint density at radius 3 is 1.52 bits per heavy atom. The molecule has 150 valence electrons. The third kappa shape index (κ3) is 5.14. The van der Waals surface area contributed by atoms with E-state index in [9.17, 15) is 8.42 Å². The second-order valence-corrected chi connectivity index (χ2v) is 10.2. The van der Waals surface area contributed by atoms with Crippen molar-refractivity contribution in [2.75, 3.05) is 17.3 Å². The fourth-order valence-electron chi connectivity index (χ4n) is 3.50. The zero-order valence-corrected chi connectivity index (χ0v) is 17.7. The monoisotopic (exact) mass is 424 g/mol. The Balaban J connectivity index is 0.000000107. The predicted octanol–water partition coefficient (Wildman–Crippen LogP) is 5.03. The molecule has 0 aliphatic carbocycles. The summed E-state index contributed by atoms with van der Waals surface area (Å²) in [6.07, 6.45) is 0. The lowest BCUT2D eigenvalue weighted by atomic mass is 10.1. The average molecular weight is 425 g/mol. The van der Waals surface area contributed by atoms with Crippen LogP contribution < -0.4 is 10.6 Å². The van der Waals surface area contributed by atoms with E-state index in [4.69, 9.17) is 0 Å². The Labute approximate surface area is 176 Å². The highest BCUT2D eigenvalue weighted by Crippen LogP contribution is 2.28. The Kier molecular flexibility index (Phi) is 6.11. The van der Waals surface area contributed by atoms with Gasteiger partial charge in [-0.25, -0.2) is 8.42 Å². The molecule has 6 heteroatoms. The molecule has 4 nitrogen and oxygen atoms in total. The molecular formula is C23H24N2O2S2.